The zero-order chi connectivity index (χ0) is 14.8. The minimum atomic E-state index is -0.336. The van der Waals surface area contributed by atoms with Gasteiger partial charge in [0.05, 0.1) is 11.6 Å². The number of carbonyl (C=O) groups excluding carboxylic acids is 2. The van der Waals surface area contributed by atoms with Crippen molar-refractivity contribution in [3.8, 4) is 0 Å². The molecule has 1 aliphatic heterocycles. The van der Waals surface area contributed by atoms with Crippen LogP contribution in [0.5, 0.6) is 0 Å². The molecule has 0 N–H and O–H groups in total. The Balaban J connectivity index is 1.83. The van der Waals surface area contributed by atoms with E-state index in [-0.39, 0.29) is 24.2 Å². The summed E-state index contributed by atoms with van der Waals surface area (Å²) in [5.41, 5.74) is 1.54. The predicted octanol–water partition coefficient (Wildman–Crippen LogP) is 3.46. The first-order valence-electron chi connectivity index (χ1n) is 6.82. The second-order valence-electron chi connectivity index (χ2n) is 5.10. The number of benzene rings is 2. The van der Waals surface area contributed by atoms with Gasteiger partial charge in [0.25, 0.3) is 0 Å². The molecule has 0 spiro atoms. The van der Waals surface area contributed by atoms with Crippen molar-refractivity contribution in [3.63, 3.8) is 0 Å². The smallest absolute Gasteiger partial charge is 0.237 e. The second kappa shape index (κ2) is 5.70. The van der Waals surface area contributed by atoms with Crippen LogP contribution in [0.2, 0.25) is 5.02 Å². The van der Waals surface area contributed by atoms with Gasteiger partial charge >= 0.3 is 0 Å². The monoisotopic (exact) mass is 299 g/mol. The molecule has 1 saturated heterocycles. The molecule has 1 unspecified atom stereocenters. The van der Waals surface area contributed by atoms with Gasteiger partial charge in [0.2, 0.25) is 11.8 Å². The Hall–Kier alpha value is -2.13. The molecule has 0 radical (unpaired) electrons. The maximum atomic E-state index is 12.5. The molecule has 1 atom stereocenters. The van der Waals surface area contributed by atoms with Crippen molar-refractivity contribution >= 4 is 29.1 Å². The fourth-order valence-corrected chi connectivity index (χ4v) is 2.84. The lowest BCUT2D eigenvalue weighted by Gasteiger charge is -2.15. The van der Waals surface area contributed by atoms with Gasteiger partial charge in [-0.2, -0.15) is 0 Å². The Morgan fingerprint density at radius 1 is 1.00 bits per heavy atom. The van der Waals surface area contributed by atoms with E-state index < -0.39 is 0 Å². The van der Waals surface area contributed by atoms with Crippen molar-refractivity contribution in [1.82, 2.24) is 0 Å². The van der Waals surface area contributed by atoms with Crippen molar-refractivity contribution < 1.29 is 9.59 Å². The molecule has 2 aromatic carbocycles. The average Bonchev–Trinajstić information content (AvgIpc) is 2.77. The molecule has 1 heterocycles. The van der Waals surface area contributed by atoms with Gasteiger partial charge in [0, 0.05) is 11.4 Å². The van der Waals surface area contributed by atoms with Crippen LogP contribution in [0.15, 0.2) is 54.6 Å². The number of rotatable bonds is 3. The Bertz CT molecular complexity index is 684. The zero-order valence-electron chi connectivity index (χ0n) is 11.3. The first-order valence-corrected chi connectivity index (χ1v) is 7.20. The Kier molecular flexibility index (Phi) is 3.76. The molecule has 4 heteroatoms. The van der Waals surface area contributed by atoms with Gasteiger partial charge in [-0.05, 0) is 30.2 Å². The first-order chi connectivity index (χ1) is 10.2. The topological polar surface area (TPSA) is 37.4 Å². The molecular weight excluding hydrogens is 286 g/mol. The van der Waals surface area contributed by atoms with Gasteiger partial charge in [0.15, 0.2) is 0 Å². The number of nitrogens with zero attached hydrogens (tertiary/aromatic N) is 1. The normalized spacial score (nSPS) is 18.3. The van der Waals surface area contributed by atoms with E-state index in [2.05, 4.69) is 0 Å². The molecule has 3 rings (SSSR count). The highest BCUT2D eigenvalue weighted by Gasteiger charge is 2.39. The summed E-state index contributed by atoms with van der Waals surface area (Å²) < 4.78 is 0. The van der Waals surface area contributed by atoms with Gasteiger partial charge in [0.1, 0.15) is 0 Å². The summed E-state index contributed by atoms with van der Waals surface area (Å²) in [6, 6.07) is 16.5. The van der Waals surface area contributed by atoms with E-state index in [9.17, 15) is 9.59 Å². The van der Waals surface area contributed by atoms with Crippen molar-refractivity contribution in [2.24, 2.45) is 5.92 Å². The van der Waals surface area contributed by atoms with Gasteiger partial charge in [-0.15, -0.1) is 0 Å². The molecule has 1 aliphatic rings. The Labute approximate surface area is 128 Å². The predicted molar refractivity (Wildman–Crippen MR) is 82.2 cm³/mol. The van der Waals surface area contributed by atoms with Crippen LogP contribution < -0.4 is 4.90 Å². The summed E-state index contributed by atoms with van der Waals surface area (Å²) in [6.45, 7) is 0. The minimum absolute atomic E-state index is 0.147. The molecule has 3 nitrogen and oxygen atoms in total. The fourth-order valence-electron chi connectivity index (χ4n) is 2.63. The summed E-state index contributed by atoms with van der Waals surface area (Å²) in [4.78, 5) is 25.9. The SMILES string of the molecule is O=C1CC(Cc2ccccc2Cl)C(=O)N1c1ccccc1. The Morgan fingerprint density at radius 2 is 1.67 bits per heavy atom. The fraction of sp³-hybridized carbons (Fsp3) is 0.176. The number of halogens is 1. The molecule has 0 saturated carbocycles. The van der Waals surface area contributed by atoms with Gasteiger partial charge in [-0.3, -0.25) is 14.5 Å². The summed E-state index contributed by atoms with van der Waals surface area (Å²) >= 11 is 6.13. The molecule has 21 heavy (non-hydrogen) atoms. The largest absolute Gasteiger partial charge is 0.274 e. The third-order valence-corrected chi connectivity index (χ3v) is 4.05. The first kappa shape index (κ1) is 13.8. The standard InChI is InChI=1S/C17H14ClNO2/c18-15-9-5-4-6-12(15)10-13-11-16(20)19(17(13)21)14-7-2-1-3-8-14/h1-9,13H,10-11H2. The van der Waals surface area contributed by atoms with E-state index in [1.807, 2.05) is 36.4 Å². The van der Waals surface area contributed by atoms with E-state index in [4.69, 9.17) is 11.6 Å². The highest BCUT2D eigenvalue weighted by atomic mass is 35.5. The summed E-state index contributed by atoms with van der Waals surface area (Å²) in [5.74, 6) is -0.632. The van der Waals surface area contributed by atoms with Crippen LogP contribution >= 0.6 is 11.6 Å². The van der Waals surface area contributed by atoms with Gasteiger partial charge in [-0.1, -0.05) is 48.0 Å². The summed E-state index contributed by atoms with van der Waals surface area (Å²) in [6.07, 6.45) is 0.729. The zero-order valence-corrected chi connectivity index (χ0v) is 12.1. The maximum Gasteiger partial charge on any atom is 0.237 e. The van der Waals surface area contributed by atoms with Crippen molar-refractivity contribution in [2.75, 3.05) is 4.90 Å². The van der Waals surface area contributed by atoms with Crippen LogP contribution in [0.3, 0.4) is 0 Å². The van der Waals surface area contributed by atoms with Crippen LogP contribution in [0.25, 0.3) is 0 Å². The highest BCUT2D eigenvalue weighted by Crippen LogP contribution is 2.30. The number of carbonyl (C=O) groups is 2. The number of para-hydroxylation sites is 1. The lowest BCUT2D eigenvalue weighted by Crippen LogP contribution is -2.30. The van der Waals surface area contributed by atoms with Crippen LogP contribution in [-0.4, -0.2) is 11.8 Å². The molecule has 2 aromatic rings. The highest BCUT2D eigenvalue weighted by molar-refractivity contribution is 6.31. The lowest BCUT2D eigenvalue weighted by molar-refractivity contribution is -0.122. The third-order valence-electron chi connectivity index (χ3n) is 3.68. The molecule has 0 aliphatic carbocycles. The van der Waals surface area contributed by atoms with Crippen molar-refractivity contribution in [2.45, 2.75) is 12.8 Å². The average molecular weight is 300 g/mol. The number of hydrogen-bond donors (Lipinski definition) is 0. The molecule has 0 bridgehead atoms. The number of anilines is 1. The number of amides is 2. The molecule has 1 fully saturated rings. The summed E-state index contributed by atoms with van der Waals surface area (Å²) in [7, 11) is 0. The van der Waals surface area contributed by atoms with E-state index in [0.29, 0.717) is 17.1 Å². The van der Waals surface area contributed by atoms with E-state index in [1.54, 1.807) is 18.2 Å². The third kappa shape index (κ3) is 2.69. The second-order valence-corrected chi connectivity index (χ2v) is 5.51. The van der Waals surface area contributed by atoms with E-state index in [1.165, 1.54) is 4.90 Å². The van der Waals surface area contributed by atoms with Crippen LogP contribution in [-0.2, 0) is 16.0 Å². The van der Waals surface area contributed by atoms with Gasteiger partial charge < -0.3 is 0 Å². The van der Waals surface area contributed by atoms with Crippen LogP contribution in [0.4, 0.5) is 5.69 Å². The molecule has 0 aromatic heterocycles. The van der Waals surface area contributed by atoms with Crippen LogP contribution in [0, 0.1) is 5.92 Å². The number of imide groups is 1. The molecule has 2 amide bonds. The van der Waals surface area contributed by atoms with Crippen LogP contribution in [0.1, 0.15) is 12.0 Å². The minimum Gasteiger partial charge on any atom is -0.274 e. The lowest BCUT2D eigenvalue weighted by atomic mass is 9.98. The van der Waals surface area contributed by atoms with E-state index in [0.717, 1.165) is 5.56 Å². The van der Waals surface area contributed by atoms with Crippen molar-refractivity contribution in [3.05, 3.63) is 65.2 Å². The summed E-state index contributed by atoms with van der Waals surface area (Å²) in [5, 5.41) is 0.635. The quantitative estimate of drug-likeness (QED) is 0.814. The van der Waals surface area contributed by atoms with Crippen molar-refractivity contribution in [1.29, 1.82) is 0 Å². The maximum absolute atomic E-state index is 12.5. The Morgan fingerprint density at radius 3 is 2.38 bits per heavy atom. The van der Waals surface area contributed by atoms with Gasteiger partial charge in [-0.25, -0.2) is 0 Å². The number of hydrogen-bond acceptors (Lipinski definition) is 2. The molecular formula is C17H14ClNO2. The van der Waals surface area contributed by atoms with E-state index >= 15 is 0 Å². The molecule has 106 valence electrons.